The fourth-order valence-electron chi connectivity index (χ4n) is 5.80. The maximum atomic E-state index is 12.8. The van der Waals surface area contributed by atoms with Crippen molar-refractivity contribution in [3.8, 4) is 0 Å². The second-order valence-corrected chi connectivity index (χ2v) is 15.4. The van der Waals surface area contributed by atoms with Crippen LogP contribution in [0.1, 0.15) is 162 Å². The molecule has 6 nitrogen and oxygen atoms in total. The van der Waals surface area contributed by atoms with E-state index in [0.29, 0.717) is 12.8 Å². The van der Waals surface area contributed by atoms with Gasteiger partial charge in [-0.2, -0.15) is 0 Å². The van der Waals surface area contributed by atoms with Crippen molar-refractivity contribution < 1.29 is 28.6 Å². The van der Waals surface area contributed by atoms with Crippen LogP contribution in [0, 0.1) is 0 Å². The number of unbranched alkanes of at least 4 members (excludes halogenated alkanes) is 9. The third-order valence-electron chi connectivity index (χ3n) is 9.42. The molecule has 358 valence electrons. The van der Waals surface area contributed by atoms with Crippen LogP contribution in [0.25, 0.3) is 0 Å². The summed E-state index contributed by atoms with van der Waals surface area (Å²) in [5.74, 6) is -1.08. The van der Waals surface area contributed by atoms with Crippen molar-refractivity contribution in [1.82, 2.24) is 0 Å². The Hall–Kier alpha value is -5.23. The van der Waals surface area contributed by atoms with Crippen molar-refractivity contribution in [3.63, 3.8) is 0 Å². The van der Waals surface area contributed by atoms with Crippen LogP contribution in [-0.2, 0) is 28.6 Å². The highest BCUT2D eigenvalue weighted by molar-refractivity contribution is 5.71. The predicted octanol–water partition coefficient (Wildman–Crippen LogP) is 16.4. The molecule has 6 heteroatoms. The van der Waals surface area contributed by atoms with Crippen LogP contribution in [0.3, 0.4) is 0 Å². The first-order valence-electron chi connectivity index (χ1n) is 24.8. The SMILES string of the molecule is CC\C=C/C=C\C=C/C=C\C=C/CCCC(=O)OCC(COC(=O)CCCCC/C=C\C/C=C\C/C=C\C/C=C\C/C=C\CC)OC(=O)CCCCCCC\C=C/C=C\C=C/C=C\CC. The number of ether oxygens (including phenoxy) is 3. The molecule has 0 radical (unpaired) electrons. The number of carbonyl (C=O) groups is 3. The zero-order valence-electron chi connectivity index (χ0n) is 40.7. The van der Waals surface area contributed by atoms with Crippen molar-refractivity contribution in [2.24, 2.45) is 0 Å². The first kappa shape index (κ1) is 59.8. The van der Waals surface area contributed by atoms with Gasteiger partial charge in [0.25, 0.3) is 0 Å². The molecule has 0 amide bonds. The summed E-state index contributed by atoms with van der Waals surface area (Å²) in [5.41, 5.74) is 0. The lowest BCUT2D eigenvalue weighted by Gasteiger charge is -2.18. The van der Waals surface area contributed by atoms with Gasteiger partial charge in [-0.3, -0.25) is 14.4 Å². The minimum Gasteiger partial charge on any atom is -0.462 e. The van der Waals surface area contributed by atoms with Crippen molar-refractivity contribution in [2.75, 3.05) is 13.2 Å². The largest absolute Gasteiger partial charge is 0.462 e. The average molecular weight is 891 g/mol. The van der Waals surface area contributed by atoms with E-state index in [1.54, 1.807) is 0 Å². The highest BCUT2D eigenvalue weighted by Crippen LogP contribution is 2.11. The third kappa shape index (κ3) is 49.6. The van der Waals surface area contributed by atoms with Crippen LogP contribution in [0.4, 0.5) is 0 Å². The summed E-state index contributed by atoms with van der Waals surface area (Å²) in [5, 5.41) is 0. The molecule has 0 saturated carbocycles. The summed E-state index contributed by atoms with van der Waals surface area (Å²) < 4.78 is 16.7. The summed E-state index contributed by atoms with van der Waals surface area (Å²) >= 11 is 0. The van der Waals surface area contributed by atoms with Gasteiger partial charge in [0.1, 0.15) is 13.2 Å². The molecule has 0 aliphatic rings. The lowest BCUT2D eigenvalue weighted by atomic mass is 10.1. The number of allylic oxidation sites excluding steroid dienone is 28. The van der Waals surface area contributed by atoms with Gasteiger partial charge in [0, 0.05) is 19.3 Å². The van der Waals surface area contributed by atoms with E-state index >= 15 is 0 Å². The Morgan fingerprint density at radius 2 is 0.646 bits per heavy atom. The molecule has 0 aromatic rings. The first-order valence-corrected chi connectivity index (χ1v) is 24.8. The van der Waals surface area contributed by atoms with Gasteiger partial charge in [0.15, 0.2) is 6.10 Å². The topological polar surface area (TPSA) is 78.9 Å². The highest BCUT2D eigenvalue weighted by Gasteiger charge is 2.19. The minimum absolute atomic E-state index is 0.137. The molecule has 0 aliphatic heterocycles. The average Bonchev–Trinajstić information content (AvgIpc) is 3.30. The third-order valence-corrected chi connectivity index (χ3v) is 9.42. The summed E-state index contributed by atoms with van der Waals surface area (Å²) in [4.78, 5) is 37.9. The lowest BCUT2D eigenvalue weighted by molar-refractivity contribution is -0.167. The maximum Gasteiger partial charge on any atom is 0.306 e. The van der Waals surface area contributed by atoms with Gasteiger partial charge in [-0.25, -0.2) is 0 Å². The normalized spacial score (nSPS) is 13.6. The van der Waals surface area contributed by atoms with E-state index < -0.39 is 6.10 Å². The van der Waals surface area contributed by atoms with Gasteiger partial charge in [-0.05, 0) is 96.3 Å². The molecular weight excluding hydrogens is 805 g/mol. The zero-order valence-corrected chi connectivity index (χ0v) is 40.7. The fraction of sp³-hybridized carbons (Fsp3) is 0.475. The number of esters is 3. The Bertz CT molecular complexity index is 1590. The summed E-state index contributed by atoms with van der Waals surface area (Å²) in [6.45, 7) is 6.09. The second kappa shape index (κ2) is 51.4. The molecule has 0 rings (SSSR count). The molecule has 1 unspecified atom stereocenters. The van der Waals surface area contributed by atoms with Gasteiger partial charge >= 0.3 is 17.9 Å². The van der Waals surface area contributed by atoms with Gasteiger partial charge in [-0.1, -0.05) is 217 Å². The quantitative estimate of drug-likeness (QED) is 0.0200. The van der Waals surface area contributed by atoms with Crippen LogP contribution in [-0.4, -0.2) is 37.2 Å². The molecule has 0 spiro atoms. The summed E-state index contributed by atoms with van der Waals surface area (Å²) in [6, 6.07) is 0. The molecule has 0 aromatic carbocycles. The Morgan fingerprint density at radius 1 is 0.323 bits per heavy atom. The fourth-order valence-corrected chi connectivity index (χ4v) is 5.80. The van der Waals surface area contributed by atoms with Crippen LogP contribution < -0.4 is 0 Å². The van der Waals surface area contributed by atoms with E-state index in [1.807, 2.05) is 79.0 Å². The monoisotopic (exact) mass is 891 g/mol. The Balaban J connectivity index is 4.62. The maximum absolute atomic E-state index is 12.8. The van der Waals surface area contributed by atoms with E-state index in [4.69, 9.17) is 14.2 Å². The van der Waals surface area contributed by atoms with Crippen molar-refractivity contribution in [2.45, 2.75) is 168 Å². The van der Waals surface area contributed by atoms with Crippen LogP contribution in [0.15, 0.2) is 170 Å². The van der Waals surface area contributed by atoms with E-state index in [0.717, 1.165) is 116 Å². The van der Waals surface area contributed by atoms with Gasteiger partial charge in [0.2, 0.25) is 0 Å². The Kier molecular flexibility index (Phi) is 47.3. The second-order valence-electron chi connectivity index (χ2n) is 15.4. The molecular formula is C59H86O6. The minimum atomic E-state index is -0.842. The number of hydrogen-bond acceptors (Lipinski definition) is 6. The molecule has 0 aliphatic carbocycles. The first-order chi connectivity index (χ1) is 32.0. The number of rotatable bonds is 41. The van der Waals surface area contributed by atoms with E-state index in [1.165, 1.54) is 0 Å². The molecule has 1 atom stereocenters. The van der Waals surface area contributed by atoms with Crippen molar-refractivity contribution >= 4 is 17.9 Å². The smallest absolute Gasteiger partial charge is 0.306 e. The molecule has 0 N–H and O–H groups in total. The van der Waals surface area contributed by atoms with E-state index in [9.17, 15) is 14.4 Å². The molecule has 0 heterocycles. The molecule has 0 fully saturated rings. The summed E-state index contributed by atoms with van der Waals surface area (Å²) in [7, 11) is 0. The summed E-state index contributed by atoms with van der Waals surface area (Å²) in [6.07, 6.45) is 76.3. The van der Waals surface area contributed by atoms with Gasteiger partial charge < -0.3 is 14.2 Å². The van der Waals surface area contributed by atoms with Crippen LogP contribution in [0.2, 0.25) is 0 Å². The Morgan fingerprint density at radius 3 is 1.12 bits per heavy atom. The molecule has 0 aromatic heterocycles. The van der Waals surface area contributed by atoms with Gasteiger partial charge in [-0.15, -0.1) is 0 Å². The van der Waals surface area contributed by atoms with Crippen molar-refractivity contribution in [3.05, 3.63) is 170 Å². The van der Waals surface area contributed by atoms with E-state index in [-0.39, 0.29) is 44.0 Å². The highest BCUT2D eigenvalue weighted by atomic mass is 16.6. The number of hydrogen-bond donors (Lipinski definition) is 0. The van der Waals surface area contributed by atoms with Gasteiger partial charge in [0.05, 0.1) is 0 Å². The molecule has 0 saturated heterocycles. The Labute approximate surface area is 396 Å². The van der Waals surface area contributed by atoms with Crippen LogP contribution in [0.5, 0.6) is 0 Å². The van der Waals surface area contributed by atoms with Crippen LogP contribution >= 0.6 is 0 Å². The lowest BCUT2D eigenvalue weighted by Crippen LogP contribution is -2.30. The van der Waals surface area contributed by atoms with Crippen molar-refractivity contribution in [1.29, 1.82) is 0 Å². The molecule has 0 bridgehead atoms. The number of carbonyl (C=O) groups excluding carboxylic acids is 3. The molecule has 65 heavy (non-hydrogen) atoms. The van der Waals surface area contributed by atoms with E-state index in [2.05, 4.69) is 112 Å². The standard InChI is InChI=1S/C59H86O6/c1-4-7-10-13-16-19-22-25-27-28-29-30-32-34-37-40-43-46-49-52-58(61)64-55-56(54-63-57(60)51-48-45-42-39-36-33-24-21-18-15-12-9-6-3)65-59(62)53-50-47-44-41-38-35-31-26-23-20-17-14-11-8-5-2/h7-12,14-21,23-27,29-31,33-34,36-37,39,42,56H,4-6,13,22,28,32,35,38,40-41,43-55H2,1-3H3/b10-7-,11-8-,12-9-,17-14-,18-15-,19-16-,23-20-,24-21-,27-25-,30-29-,31-26-,36-33-,37-34-,42-39-. The zero-order chi connectivity index (χ0) is 47.2. The predicted molar refractivity (Wildman–Crippen MR) is 278 cm³/mol.